The van der Waals surface area contributed by atoms with Crippen molar-refractivity contribution >= 4 is 17.1 Å². The maximum Gasteiger partial charge on any atom is 0.178 e. The molecule has 2 nitrogen and oxygen atoms in total. The summed E-state index contributed by atoms with van der Waals surface area (Å²) in [6.07, 6.45) is 1.95. The molecule has 82 valence electrons. The number of aryl methyl sites for hydroxylation is 1. The van der Waals surface area contributed by atoms with Crippen LogP contribution in [0.25, 0.3) is 0 Å². The van der Waals surface area contributed by atoms with Gasteiger partial charge in [0.25, 0.3) is 0 Å². The van der Waals surface area contributed by atoms with Gasteiger partial charge in [-0.05, 0) is 36.8 Å². The van der Waals surface area contributed by atoms with Crippen LogP contribution < -0.4 is 0 Å². The van der Waals surface area contributed by atoms with Crippen molar-refractivity contribution in [3.8, 4) is 0 Å². The van der Waals surface area contributed by atoms with Gasteiger partial charge in [0.1, 0.15) is 0 Å². The second-order valence-electron chi connectivity index (χ2n) is 4.01. The summed E-state index contributed by atoms with van der Waals surface area (Å²) >= 11 is 1.55. The fourth-order valence-corrected chi connectivity index (χ4v) is 3.07. The fraction of sp³-hybridized carbons (Fsp3) is 0.583. The molecule has 0 amide bonds. The molecule has 0 bridgehead atoms. The van der Waals surface area contributed by atoms with Gasteiger partial charge in [0.2, 0.25) is 0 Å². The predicted octanol–water partition coefficient (Wildman–Crippen LogP) is 3.05. The first-order chi connectivity index (χ1) is 7.24. The number of hydrogen-bond acceptors (Lipinski definition) is 3. The topological polar surface area (TPSA) is 26.3 Å². The van der Waals surface area contributed by atoms with Gasteiger partial charge < -0.3 is 4.74 Å². The Morgan fingerprint density at radius 2 is 2.47 bits per heavy atom. The molecule has 1 aromatic rings. The van der Waals surface area contributed by atoms with Crippen molar-refractivity contribution in [2.75, 3.05) is 6.61 Å². The van der Waals surface area contributed by atoms with Gasteiger partial charge >= 0.3 is 0 Å². The molecule has 2 heterocycles. The zero-order valence-corrected chi connectivity index (χ0v) is 9.97. The summed E-state index contributed by atoms with van der Waals surface area (Å²) in [6.45, 7) is 4.82. The van der Waals surface area contributed by atoms with Crippen LogP contribution in [0.5, 0.6) is 0 Å². The zero-order chi connectivity index (χ0) is 10.8. The number of thiophene rings is 1. The molecule has 1 saturated heterocycles. The van der Waals surface area contributed by atoms with Gasteiger partial charge in [0.05, 0.1) is 16.9 Å². The first-order valence-corrected chi connectivity index (χ1v) is 6.32. The van der Waals surface area contributed by atoms with Gasteiger partial charge in [-0.2, -0.15) is 0 Å². The van der Waals surface area contributed by atoms with Crippen LogP contribution >= 0.6 is 11.3 Å². The number of carbonyl (C=O) groups excluding carboxylic acids is 1. The summed E-state index contributed by atoms with van der Waals surface area (Å²) in [7, 11) is 0. The third-order valence-electron chi connectivity index (χ3n) is 3.03. The van der Waals surface area contributed by atoms with E-state index in [1.807, 2.05) is 18.4 Å². The molecule has 0 spiro atoms. The summed E-state index contributed by atoms with van der Waals surface area (Å²) in [5.41, 5.74) is 1.10. The highest BCUT2D eigenvalue weighted by molar-refractivity contribution is 7.12. The van der Waals surface area contributed by atoms with Crippen LogP contribution in [0, 0.1) is 12.8 Å². The minimum atomic E-state index is 0.0901. The van der Waals surface area contributed by atoms with E-state index in [-0.39, 0.29) is 17.8 Å². The summed E-state index contributed by atoms with van der Waals surface area (Å²) in [4.78, 5) is 13.1. The lowest BCUT2D eigenvalue weighted by atomic mass is 9.93. The van der Waals surface area contributed by atoms with Gasteiger partial charge in [0, 0.05) is 6.61 Å². The highest BCUT2D eigenvalue weighted by Crippen LogP contribution is 2.29. The quantitative estimate of drug-likeness (QED) is 0.738. The number of ketones is 1. The normalized spacial score (nSPS) is 25.7. The molecule has 0 aromatic carbocycles. The average Bonchev–Trinajstić information content (AvgIpc) is 2.84. The minimum absolute atomic E-state index is 0.0901. The van der Waals surface area contributed by atoms with Crippen LogP contribution in [-0.4, -0.2) is 18.5 Å². The van der Waals surface area contributed by atoms with E-state index in [1.54, 1.807) is 11.3 Å². The molecule has 0 radical (unpaired) electrons. The SMILES string of the molecule is CCC1OCCC1C(=O)c1sccc1C. The second kappa shape index (κ2) is 4.45. The number of hydrogen-bond donors (Lipinski definition) is 0. The van der Waals surface area contributed by atoms with Crippen molar-refractivity contribution in [3.05, 3.63) is 21.9 Å². The first kappa shape index (κ1) is 10.8. The lowest BCUT2D eigenvalue weighted by Gasteiger charge is -2.14. The van der Waals surface area contributed by atoms with E-state index in [0.717, 1.165) is 29.9 Å². The van der Waals surface area contributed by atoms with Crippen LogP contribution in [0.4, 0.5) is 0 Å². The number of Topliss-reactive ketones (excluding diaryl/α,β-unsaturated/α-hetero) is 1. The molecule has 2 unspecified atom stereocenters. The predicted molar refractivity (Wildman–Crippen MR) is 61.5 cm³/mol. The lowest BCUT2D eigenvalue weighted by molar-refractivity contribution is 0.0692. The van der Waals surface area contributed by atoms with Crippen molar-refractivity contribution in [1.29, 1.82) is 0 Å². The van der Waals surface area contributed by atoms with Crippen LogP contribution in [-0.2, 0) is 4.74 Å². The minimum Gasteiger partial charge on any atom is -0.377 e. The van der Waals surface area contributed by atoms with Gasteiger partial charge in [-0.25, -0.2) is 0 Å². The Balaban J connectivity index is 2.18. The van der Waals surface area contributed by atoms with Crippen LogP contribution in [0.15, 0.2) is 11.4 Å². The van der Waals surface area contributed by atoms with Crippen LogP contribution in [0.1, 0.15) is 35.0 Å². The molecule has 1 aromatic heterocycles. The Morgan fingerprint density at radius 1 is 1.67 bits per heavy atom. The number of carbonyl (C=O) groups is 1. The molecular weight excluding hydrogens is 208 g/mol. The highest BCUT2D eigenvalue weighted by atomic mass is 32.1. The first-order valence-electron chi connectivity index (χ1n) is 5.44. The van der Waals surface area contributed by atoms with E-state index < -0.39 is 0 Å². The molecule has 0 saturated carbocycles. The van der Waals surface area contributed by atoms with Crippen molar-refractivity contribution in [2.45, 2.75) is 32.8 Å². The number of ether oxygens (including phenoxy) is 1. The van der Waals surface area contributed by atoms with Crippen molar-refractivity contribution < 1.29 is 9.53 Å². The molecule has 0 aliphatic carbocycles. The molecule has 1 aliphatic rings. The molecule has 1 aliphatic heterocycles. The molecule has 0 N–H and O–H groups in total. The van der Waals surface area contributed by atoms with Gasteiger partial charge in [-0.1, -0.05) is 6.92 Å². The Morgan fingerprint density at radius 3 is 3.07 bits per heavy atom. The van der Waals surface area contributed by atoms with Gasteiger partial charge in [-0.3, -0.25) is 4.79 Å². The van der Waals surface area contributed by atoms with E-state index in [2.05, 4.69) is 6.92 Å². The Labute approximate surface area is 94.3 Å². The Kier molecular flexibility index (Phi) is 3.22. The summed E-state index contributed by atoms with van der Waals surface area (Å²) < 4.78 is 5.56. The molecule has 3 heteroatoms. The molecular formula is C12H16O2S. The monoisotopic (exact) mass is 224 g/mol. The second-order valence-corrected chi connectivity index (χ2v) is 4.93. The molecule has 15 heavy (non-hydrogen) atoms. The van der Waals surface area contributed by atoms with Crippen molar-refractivity contribution in [3.63, 3.8) is 0 Å². The summed E-state index contributed by atoms with van der Waals surface area (Å²) in [5, 5.41) is 1.99. The summed E-state index contributed by atoms with van der Waals surface area (Å²) in [5.74, 6) is 0.374. The third kappa shape index (κ3) is 1.99. The van der Waals surface area contributed by atoms with Crippen molar-refractivity contribution in [2.24, 2.45) is 5.92 Å². The van der Waals surface area contributed by atoms with E-state index in [1.165, 1.54) is 0 Å². The van der Waals surface area contributed by atoms with E-state index in [0.29, 0.717) is 0 Å². The molecule has 1 fully saturated rings. The maximum atomic E-state index is 12.2. The van der Waals surface area contributed by atoms with E-state index in [4.69, 9.17) is 4.74 Å². The van der Waals surface area contributed by atoms with E-state index >= 15 is 0 Å². The molecule has 2 rings (SSSR count). The number of rotatable bonds is 3. The van der Waals surface area contributed by atoms with Crippen LogP contribution in [0.3, 0.4) is 0 Å². The average molecular weight is 224 g/mol. The largest absolute Gasteiger partial charge is 0.377 e. The van der Waals surface area contributed by atoms with Gasteiger partial charge in [0.15, 0.2) is 5.78 Å². The zero-order valence-electron chi connectivity index (χ0n) is 9.16. The maximum absolute atomic E-state index is 12.2. The smallest absolute Gasteiger partial charge is 0.178 e. The fourth-order valence-electron chi connectivity index (χ4n) is 2.14. The van der Waals surface area contributed by atoms with Crippen molar-refractivity contribution in [1.82, 2.24) is 0 Å². The van der Waals surface area contributed by atoms with E-state index in [9.17, 15) is 4.79 Å². The van der Waals surface area contributed by atoms with Gasteiger partial charge in [-0.15, -0.1) is 11.3 Å². The standard InChI is InChI=1S/C12H16O2S/c1-3-10-9(4-6-14-10)11(13)12-8(2)5-7-15-12/h5,7,9-10H,3-4,6H2,1-2H3. The van der Waals surface area contributed by atoms with Crippen LogP contribution in [0.2, 0.25) is 0 Å². The lowest BCUT2D eigenvalue weighted by Crippen LogP contribution is -2.23. The highest BCUT2D eigenvalue weighted by Gasteiger charge is 2.34. The summed E-state index contributed by atoms with van der Waals surface area (Å²) in [6, 6.07) is 2.01. The Hall–Kier alpha value is -0.670. The molecule has 2 atom stereocenters. The Bertz CT molecular complexity index is 356. The third-order valence-corrected chi connectivity index (χ3v) is 4.07.